The molecule has 0 saturated carbocycles. The average Bonchev–Trinajstić information content (AvgIpc) is 3.88. The van der Waals surface area contributed by atoms with Gasteiger partial charge in [-0.15, -0.1) is 11.3 Å². The molecule has 0 saturated heterocycles. The molecule has 0 atom stereocenters. The molecule has 2 aromatic heterocycles. The first-order chi connectivity index (χ1) is 29.4. The van der Waals surface area contributed by atoms with Crippen LogP contribution in [0.3, 0.4) is 0 Å². The molecule has 0 unspecified atom stereocenters. The van der Waals surface area contributed by atoms with Gasteiger partial charge in [-0.25, -0.2) is 0 Å². The van der Waals surface area contributed by atoms with Crippen LogP contribution in [0.15, 0.2) is 204 Å². The number of hydrogen-bond acceptors (Lipinski definition) is 3. The maximum Gasteiger partial charge on any atom is 0.159 e. The van der Waals surface area contributed by atoms with E-state index in [1.54, 1.807) is 11.3 Å². The second-order valence-corrected chi connectivity index (χ2v) is 14.7. The van der Waals surface area contributed by atoms with E-state index < -0.39 is 6.04 Å². The van der Waals surface area contributed by atoms with Crippen molar-refractivity contribution in [2.75, 3.05) is 4.90 Å². The molecule has 2 heterocycles. The zero-order valence-corrected chi connectivity index (χ0v) is 30.2. The van der Waals surface area contributed by atoms with Crippen LogP contribution in [0.2, 0.25) is 0 Å². The number of thiophene rings is 1. The molecule has 0 spiro atoms. The number of furan rings is 1. The number of benzene rings is 9. The van der Waals surface area contributed by atoms with E-state index in [2.05, 4.69) is 132 Å². The fraction of sp³-hybridized carbons (Fsp3) is 0. The van der Waals surface area contributed by atoms with E-state index in [9.17, 15) is 0 Å². The molecule has 55 heavy (non-hydrogen) atoms. The molecule has 258 valence electrons. The van der Waals surface area contributed by atoms with Gasteiger partial charge >= 0.3 is 0 Å². The number of rotatable bonds is 6. The molecule has 11 rings (SSSR count). The summed E-state index contributed by atoms with van der Waals surface area (Å²) in [6, 6.07) is 57.0. The first-order valence-electron chi connectivity index (χ1n) is 20.8. The Morgan fingerprint density at radius 3 is 1.76 bits per heavy atom. The van der Waals surface area contributed by atoms with Crippen molar-refractivity contribution in [3.8, 4) is 33.4 Å². The van der Waals surface area contributed by atoms with Gasteiger partial charge in [0, 0.05) is 42.2 Å². The third-order valence-electron chi connectivity index (χ3n) is 10.6. The van der Waals surface area contributed by atoms with E-state index in [0.717, 1.165) is 72.0 Å². The Morgan fingerprint density at radius 1 is 0.400 bits per heavy atom. The maximum absolute atomic E-state index is 8.70. The van der Waals surface area contributed by atoms with Crippen LogP contribution in [0.4, 0.5) is 17.1 Å². The zero-order chi connectivity index (χ0) is 40.6. The Balaban J connectivity index is 1.11. The van der Waals surface area contributed by atoms with Crippen molar-refractivity contribution in [2.45, 2.75) is 0 Å². The van der Waals surface area contributed by atoms with Gasteiger partial charge in [-0.2, -0.15) is 0 Å². The fourth-order valence-corrected chi connectivity index (χ4v) is 9.25. The van der Waals surface area contributed by atoms with Gasteiger partial charge in [0.15, 0.2) is 5.58 Å². The minimum absolute atomic E-state index is 0.195. The first-order valence-corrected chi connectivity index (χ1v) is 19.1. The van der Waals surface area contributed by atoms with Gasteiger partial charge < -0.3 is 9.32 Å². The van der Waals surface area contributed by atoms with E-state index in [4.69, 9.17) is 11.3 Å². The number of anilines is 3. The van der Waals surface area contributed by atoms with Crippen LogP contribution in [0, 0.1) is 0 Å². The van der Waals surface area contributed by atoms with Crippen LogP contribution in [0.5, 0.6) is 0 Å². The van der Waals surface area contributed by atoms with Gasteiger partial charge in [0.05, 0.1) is 18.2 Å². The molecule has 0 aliphatic heterocycles. The van der Waals surface area contributed by atoms with Crippen molar-refractivity contribution in [3.05, 3.63) is 200 Å². The largest absolute Gasteiger partial charge is 0.453 e. The minimum Gasteiger partial charge on any atom is -0.453 e. The highest BCUT2D eigenvalue weighted by Gasteiger charge is 2.23. The third-order valence-corrected chi connectivity index (χ3v) is 11.7. The summed E-state index contributed by atoms with van der Waals surface area (Å²) < 4.78 is 51.6. The van der Waals surface area contributed by atoms with Crippen molar-refractivity contribution < 1.29 is 11.3 Å². The number of nitrogens with zero attached hydrogens (tertiary/aromatic N) is 1. The molecule has 0 N–H and O–H groups in total. The summed E-state index contributed by atoms with van der Waals surface area (Å²) in [6.45, 7) is 0. The van der Waals surface area contributed by atoms with Gasteiger partial charge in [-0.3, -0.25) is 0 Å². The fourth-order valence-electron chi connectivity index (χ4n) is 8.12. The van der Waals surface area contributed by atoms with E-state index in [-0.39, 0.29) is 29.7 Å². The van der Waals surface area contributed by atoms with Gasteiger partial charge in [-0.05, 0) is 75.0 Å². The van der Waals surface area contributed by atoms with Crippen LogP contribution in [0.25, 0.3) is 86.3 Å². The monoisotopic (exact) mass is 724 g/mol. The predicted molar refractivity (Wildman–Crippen MR) is 235 cm³/mol. The zero-order valence-electron chi connectivity index (χ0n) is 34.4. The lowest BCUT2D eigenvalue weighted by Crippen LogP contribution is -2.10. The second kappa shape index (κ2) is 12.9. The van der Waals surface area contributed by atoms with Gasteiger partial charge in [0.1, 0.15) is 5.58 Å². The molecule has 0 aliphatic rings. The quantitative estimate of drug-likeness (QED) is 0.170. The van der Waals surface area contributed by atoms with Crippen LogP contribution >= 0.6 is 11.3 Å². The minimum atomic E-state index is -0.402. The number of fused-ring (bicyclic) bond motifs is 7. The Morgan fingerprint density at radius 2 is 0.982 bits per heavy atom. The summed E-state index contributed by atoms with van der Waals surface area (Å²) in [6.07, 6.45) is 0. The Kier molecular flexibility index (Phi) is 6.27. The summed E-state index contributed by atoms with van der Waals surface area (Å²) >= 11 is 1.79. The molecule has 0 amide bonds. The van der Waals surface area contributed by atoms with Gasteiger partial charge in [-0.1, -0.05) is 164 Å². The van der Waals surface area contributed by atoms with E-state index in [1.165, 1.54) is 20.2 Å². The summed E-state index contributed by atoms with van der Waals surface area (Å²) in [4.78, 5) is 2.32. The van der Waals surface area contributed by atoms with Crippen LogP contribution in [-0.4, -0.2) is 0 Å². The normalized spacial score (nSPS) is 12.9. The van der Waals surface area contributed by atoms with Crippen molar-refractivity contribution in [2.24, 2.45) is 0 Å². The summed E-state index contributed by atoms with van der Waals surface area (Å²) in [5.41, 5.74) is 9.45. The van der Waals surface area contributed by atoms with Gasteiger partial charge in [0.25, 0.3) is 0 Å². The summed E-state index contributed by atoms with van der Waals surface area (Å²) in [7, 11) is 0. The molecule has 3 heteroatoms. The SMILES string of the molecule is [2H]c1c([2H])c([2H])c(-c2ccc(-c3ccc(N(c4cccc5c4oc4c(-c6ccccc6)cccc45)c4cccc5sc6ccccc6c45)cc3)c3ccccc23)c([2H])c1[2H]. The molecule has 0 radical (unpaired) electrons. The third kappa shape index (κ3) is 5.16. The molecule has 0 aliphatic carbocycles. The van der Waals surface area contributed by atoms with E-state index >= 15 is 0 Å². The molecule has 0 fully saturated rings. The van der Waals surface area contributed by atoms with Crippen molar-refractivity contribution in [1.82, 2.24) is 0 Å². The average molecular weight is 725 g/mol. The highest BCUT2D eigenvalue weighted by Crippen LogP contribution is 2.48. The predicted octanol–water partition coefficient (Wildman–Crippen LogP) is 15.6. The Hall–Kier alpha value is -6.94. The molecular formula is C52H33NOS. The number of para-hydroxylation sites is 2. The Labute approximate surface area is 329 Å². The molecular weight excluding hydrogens is 687 g/mol. The molecule has 11 aromatic rings. The molecule has 9 aromatic carbocycles. The lowest BCUT2D eigenvalue weighted by Gasteiger charge is -2.27. The van der Waals surface area contributed by atoms with Crippen molar-refractivity contribution >= 4 is 81.3 Å². The van der Waals surface area contributed by atoms with E-state index in [1.807, 2.05) is 42.5 Å². The Bertz CT molecular complexity index is 3470. The summed E-state index contributed by atoms with van der Waals surface area (Å²) in [5, 5.41) is 6.19. The van der Waals surface area contributed by atoms with E-state index in [0.29, 0.717) is 5.56 Å². The van der Waals surface area contributed by atoms with Crippen molar-refractivity contribution in [3.63, 3.8) is 0 Å². The van der Waals surface area contributed by atoms with Crippen LogP contribution in [-0.2, 0) is 0 Å². The molecule has 0 bridgehead atoms. The lowest BCUT2D eigenvalue weighted by atomic mass is 9.92. The standard InChI is InChI=1S/C52H33NOS/c1-3-14-34(15-4-1)38-32-33-39(42-19-8-7-18-41(38)42)36-28-30-37(31-29-36)53(46-24-13-27-49-50(46)45-20-9-10-26-48(45)55-49)47-25-12-23-44-43-22-11-21-40(51(43)54-52(44)47)35-16-5-2-6-17-35/h1-33H/i1D,3D,4D,14D,15D. The van der Waals surface area contributed by atoms with Crippen molar-refractivity contribution in [1.29, 1.82) is 0 Å². The van der Waals surface area contributed by atoms with Crippen LogP contribution < -0.4 is 4.90 Å². The highest BCUT2D eigenvalue weighted by atomic mass is 32.1. The topological polar surface area (TPSA) is 16.4 Å². The number of hydrogen-bond donors (Lipinski definition) is 0. The van der Waals surface area contributed by atoms with Crippen LogP contribution in [0.1, 0.15) is 6.85 Å². The molecule has 2 nitrogen and oxygen atoms in total. The maximum atomic E-state index is 8.70. The van der Waals surface area contributed by atoms with Gasteiger partial charge in [0.2, 0.25) is 0 Å². The highest BCUT2D eigenvalue weighted by molar-refractivity contribution is 7.26. The smallest absolute Gasteiger partial charge is 0.159 e. The second-order valence-electron chi connectivity index (χ2n) is 13.6. The summed E-state index contributed by atoms with van der Waals surface area (Å²) in [5.74, 6) is 0. The first kappa shape index (κ1) is 26.8. The lowest BCUT2D eigenvalue weighted by molar-refractivity contribution is 0.670.